The zero-order chi connectivity index (χ0) is 9.52. The lowest BCUT2D eigenvalue weighted by atomic mass is 10.3. The van der Waals surface area contributed by atoms with Crippen LogP contribution < -0.4 is 10.6 Å². The van der Waals surface area contributed by atoms with E-state index in [2.05, 4.69) is 10.6 Å². The minimum atomic E-state index is 0.0131. The van der Waals surface area contributed by atoms with Gasteiger partial charge in [-0.05, 0) is 18.0 Å². The van der Waals surface area contributed by atoms with Gasteiger partial charge in [-0.2, -0.15) is 11.3 Å². The van der Waals surface area contributed by atoms with Crippen molar-refractivity contribution in [3.63, 3.8) is 0 Å². The predicted molar refractivity (Wildman–Crippen MR) is 55.2 cm³/mol. The number of rotatable bonds is 5. The molecule has 3 nitrogen and oxygen atoms in total. The van der Waals surface area contributed by atoms with Crippen molar-refractivity contribution in [3.05, 3.63) is 22.4 Å². The Bertz CT molecular complexity index is 246. The lowest BCUT2D eigenvalue weighted by Crippen LogP contribution is -2.31. The fraction of sp³-hybridized carbons (Fsp3) is 0.444. The summed E-state index contributed by atoms with van der Waals surface area (Å²) in [4.78, 5) is 11.3. The first kappa shape index (κ1) is 10.2. The molecule has 1 heterocycles. The number of thiophene rings is 1. The molecule has 0 saturated carbocycles. The number of likely N-dealkylation sites (N-methyl/N-ethyl adjacent to an activating group) is 1. The van der Waals surface area contributed by atoms with Crippen LogP contribution in [0.2, 0.25) is 0 Å². The molecule has 1 rings (SSSR count). The van der Waals surface area contributed by atoms with Crippen molar-refractivity contribution in [2.24, 2.45) is 0 Å². The molecule has 72 valence electrons. The third kappa shape index (κ3) is 3.57. The molecule has 0 fully saturated rings. The van der Waals surface area contributed by atoms with Crippen LogP contribution in [0.15, 0.2) is 16.8 Å². The van der Waals surface area contributed by atoms with Gasteiger partial charge in [0, 0.05) is 24.0 Å². The van der Waals surface area contributed by atoms with Crippen LogP contribution in [0, 0.1) is 0 Å². The molecule has 0 bridgehead atoms. The molecular weight excluding hydrogens is 184 g/mol. The average Bonchev–Trinajstić information content (AvgIpc) is 2.65. The second-order valence-corrected chi connectivity index (χ2v) is 3.40. The van der Waals surface area contributed by atoms with E-state index in [9.17, 15) is 4.79 Å². The number of carbonyl (C=O) groups is 1. The summed E-state index contributed by atoms with van der Waals surface area (Å²) in [6.45, 7) is 4.49. The minimum Gasteiger partial charge on any atom is -0.351 e. The second-order valence-electron chi connectivity index (χ2n) is 2.62. The fourth-order valence-corrected chi connectivity index (χ4v) is 1.57. The highest BCUT2D eigenvalue weighted by atomic mass is 32.1. The van der Waals surface area contributed by atoms with Gasteiger partial charge in [-0.15, -0.1) is 0 Å². The number of amides is 1. The van der Waals surface area contributed by atoms with Gasteiger partial charge >= 0.3 is 0 Å². The molecule has 0 aliphatic rings. The smallest absolute Gasteiger partial charge is 0.252 e. The number of hydrogen-bond donors (Lipinski definition) is 2. The van der Waals surface area contributed by atoms with E-state index < -0.39 is 0 Å². The van der Waals surface area contributed by atoms with Crippen LogP contribution in [0.4, 0.5) is 0 Å². The van der Waals surface area contributed by atoms with Crippen LogP contribution >= 0.6 is 11.3 Å². The van der Waals surface area contributed by atoms with Gasteiger partial charge < -0.3 is 10.6 Å². The van der Waals surface area contributed by atoms with Gasteiger partial charge in [0.2, 0.25) is 0 Å². The molecule has 13 heavy (non-hydrogen) atoms. The first-order chi connectivity index (χ1) is 6.34. The normalized spacial score (nSPS) is 9.92. The molecule has 4 heteroatoms. The van der Waals surface area contributed by atoms with E-state index in [1.807, 2.05) is 23.8 Å². The van der Waals surface area contributed by atoms with Crippen LogP contribution in [0.3, 0.4) is 0 Å². The summed E-state index contributed by atoms with van der Waals surface area (Å²) in [6.07, 6.45) is 0. The molecule has 0 aliphatic carbocycles. The SMILES string of the molecule is CCNCCNC(=O)c1ccsc1. The first-order valence-electron chi connectivity index (χ1n) is 4.35. The maximum absolute atomic E-state index is 11.3. The van der Waals surface area contributed by atoms with Crippen molar-refractivity contribution < 1.29 is 4.79 Å². The van der Waals surface area contributed by atoms with E-state index in [1.165, 1.54) is 11.3 Å². The van der Waals surface area contributed by atoms with Gasteiger partial charge in [0.15, 0.2) is 0 Å². The quantitative estimate of drug-likeness (QED) is 0.695. The van der Waals surface area contributed by atoms with E-state index in [1.54, 1.807) is 0 Å². The van der Waals surface area contributed by atoms with E-state index in [-0.39, 0.29) is 5.91 Å². The van der Waals surface area contributed by atoms with Crippen LogP contribution in [0.5, 0.6) is 0 Å². The molecule has 2 N–H and O–H groups in total. The maximum atomic E-state index is 11.3. The van der Waals surface area contributed by atoms with Crippen molar-refractivity contribution >= 4 is 17.2 Å². The Kier molecular flexibility index (Phi) is 4.49. The molecule has 0 spiro atoms. The van der Waals surface area contributed by atoms with Crippen molar-refractivity contribution in [1.29, 1.82) is 0 Å². The maximum Gasteiger partial charge on any atom is 0.252 e. The van der Waals surface area contributed by atoms with Gasteiger partial charge in [0.05, 0.1) is 0 Å². The molecule has 1 aromatic rings. The first-order valence-corrected chi connectivity index (χ1v) is 5.30. The summed E-state index contributed by atoms with van der Waals surface area (Å²) in [5.41, 5.74) is 0.751. The Hall–Kier alpha value is -0.870. The molecule has 0 aromatic carbocycles. The highest BCUT2D eigenvalue weighted by Crippen LogP contribution is 2.04. The Morgan fingerprint density at radius 3 is 3.00 bits per heavy atom. The molecule has 0 saturated heterocycles. The van der Waals surface area contributed by atoms with E-state index in [4.69, 9.17) is 0 Å². The molecule has 1 aromatic heterocycles. The van der Waals surface area contributed by atoms with E-state index >= 15 is 0 Å². The predicted octanol–water partition coefficient (Wildman–Crippen LogP) is 1.09. The summed E-state index contributed by atoms with van der Waals surface area (Å²) in [7, 11) is 0. The molecule has 0 unspecified atom stereocenters. The van der Waals surface area contributed by atoms with Crippen molar-refractivity contribution in [2.45, 2.75) is 6.92 Å². The molecule has 0 radical (unpaired) electrons. The summed E-state index contributed by atoms with van der Waals surface area (Å²) in [5.74, 6) is 0.0131. The summed E-state index contributed by atoms with van der Waals surface area (Å²) in [6, 6.07) is 1.83. The standard InChI is InChI=1S/C9H14N2OS/c1-2-10-4-5-11-9(12)8-3-6-13-7-8/h3,6-7,10H,2,4-5H2,1H3,(H,11,12). The van der Waals surface area contributed by atoms with Gasteiger partial charge in [0.25, 0.3) is 5.91 Å². The second kappa shape index (κ2) is 5.72. The Morgan fingerprint density at radius 2 is 2.38 bits per heavy atom. The zero-order valence-corrected chi connectivity index (χ0v) is 8.49. The monoisotopic (exact) mass is 198 g/mol. The fourth-order valence-electron chi connectivity index (χ4n) is 0.937. The highest BCUT2D eigenvalue weighted by molar-refractivity contribution is 7.08. The van der Waals surface area contributed by atoms with Crippen LogP contribution in [-0.2, 0) is 0 Å². The van der Waals surface area contributed by atoms with Crippen LogP contribution in [-0.4, -0.2) is 25.5 Å². The zero-order valence-electron chi connectivity index (χ0n) is 7.67. The summed E-state index contributed by atoms with van der Waals surface area (Å²) in [5, 5.41) is 9.71. The number of carbonyl (C=O) groups excluding carboxylic acids is 1. The Balaban J connectivity index is 2.19. The van der Waals surface area contributed by atoms with E-state index in [0.717, 1.165) is 18.7 Å². The summed E-state index contributed by atoms with van der Waals surface area (Å²) < 4.78 is 0. The Morgan fingerprint density at radius 1 is 1.54 bits per heavy atom. The van der Waals surface area contributed by atoms with Gasteiger partial charge in [0.1, 0.15) is 0 Å². The molecule has 1 amide bonds. The van der Waals surface area contributed by atoms with Gasteiger partial charge in [-0.3, -0.25) is 4.79 Å². The van der Waals surface area contributed by atoms with Crippen molar-refractivity contribution in [1.82, 2.24) is 10.6 Å². The van der Waals surface area contributed by atoms with Crippen molar-refractivity contribution in [2.75, 3.05) is 19.6 Å². The molecular formula is C9H14N2OS. The largest absolute Gasteiger partial charge is 0.351 e. The number of hydrogen-bond acceptors (Lipinski definition) is 3. The minimum absolute atomic E-state index is 0.0131. The average molecular weight is 198 g/mol. The number of nitrogens with one attached hydrogen (secondary N) is 2. The lowest BCUT2D eigenvalue weighted by molar-refractivity contribution is 0.0954. The Labute approximate surface area is 82.2 Å². The molecule has 0 atom stereocenters. The van der Waals surface area contributed by atoms with E-state index in [0.29, 0.717) is 6.54 Å². The van der Waals surface area contributed by atoms with Crippen LogP contribution in [0.25, 0.3) is 0 Å². The summed E-state index contributed by atoms with van der Waals surface area (Å²) >= 11 is 1.54. The third-order valence-electron chi connectivity index (χ3n) is 1.62. The van der Waals surface area contributed by atoms with Crippen LogP contribution in [0.1, 0.15) is 17.3 Å². The lowest BCUT2D eigenvalue weighted by Gasteiger charge is -2.03. The van der Waals surface area contributed by atoms with Gasteiger partial charge in [-0.1, -0.05) is 6.92 Å². The van der Waals surface area contributed by atoms with Crippen molar-refractivity contribution in [3.8, 4) is 0 Å². The molecule has 0 aliphatic heterocycles. The topological polar surface area (TPSA) is 41.1 Å². The van der Waals surface area contributed by atoms with Gasteiger partial charge in [-0.25, -0.2) is 0 Å². The third-order valence-corrected chi connectivity index (χ3v) is 2.30. The highest BCUT2D eigenvalue weighted by Gasteiger charge is 2.02.